The molecule has 1 aliphatic carbocycles. The topological polar surface area (TPSA) is 117 Å². The largest absolute Gasteiger partial charge is 0.308 e. The van der Waals surface area contributed by atoms with Crippen molar-refractivity contribution in [1.82, 2.24) is 24.7 Å². The molecular formula is C26H18N6O2S. The summed E-state index contributed by atoms with van der Waals surface area (Å²) in [5.74, 6) is -1.57. The molecule has 0 saturated heterocycles. The lowest BCUT2D eigenvalue weighted by molar-refractivity contribution is 0.0966. The molecule has 0 radical (unpaired) electrons. The van der Waals surface area contributed by atoms with Gasteiger partial charge in [-0.1, -0.05) is 48.5 Å². The summed E-state index contributed by atoms with van der Waals surface area (Å²) in [5, 5.41) is 15.0. The Morgan fingerprint density at radius 3 is 2.54 bits per heavy atom. The molecule has 0 bridgehead atoms. The molecule has 1 atom stereocenters. The van der Waals surface area contributed by atoms with Crippen LogP contribution in [0.4, 0.5) is 0 Å². The third-order valence-corrected chi connectivity index (χ3v) is 7.30. The van der Waals surface area contributed by atoms with Gasteiger partial charge < -0.3 is 4.98 Å². The highest BCUT2D eigenvalue weighted by Crippen LogP contribution is 2.35. The van der Waals surface area contributed by atoms with E-state index in [0.29, 0.717) is 16.0 Å². The quantitative estimate of drug-likeness (QED) is 0.378. The first-order valence-electron chi connectivity index (χ1n) is 11.2. The molecule has 8 nitrogen and oxygen atoms in total. The number of hydrogen-bond donors (Lipinski definition) is 1. The van der Waals surface area contributed by atoms with E-state index in [1.807, 2.05) is 66.7 Å². The van der Waals surface area contributed by atoms with Crippen LogP contribution in [-0.4, -0.2) is 30.5 Å². The molecule has 35 heavy (non-hydrogen) atoms. The Morgan fingerprint density at radius 1 is 1.06 bits per heavy atom. The summed E-state index contributed by atoms with van der Waals surface area (Å²) in [7, 11) is 0. The fourth-order valence-electron chi connectivity index (χ4n) is 4.47. The number of fused-ring (bicyclic) bond motifs is 3. The maximum atomic E-state index is 13.5. The van der Waals surface area contributed by atoms with Crippen molar-refractivity contribution in [3.05, 3.63) is 93.1 Å². The molecule has 9 heteroatoms. The van der Waals surface area contributed by atoms with Crippen LogP contribution in [0.2, 0.25) is 0 Å². The van der Waals surface area contributed by atoms with E-state index < -0.39 is 11.7 Å². The van der Waals surface area contributed by atoms with Crippen LogP contribution in [0.3, 0.4) is 0 Å². The predicted octanol–water partition coefficient (Wildman–Crippen LogP) is 4.21. The lowest BCUT2D eigenvalue weighted by Crippen LogP contribution is -2.20. The number of rotatable bonds is 5. The Balaban J connectivity index is 1.44. The van der Waals surface area contributed by atoms with E-state index in [1.165, 1.54) is 11.3 Å². The molecule has 3 aromatic heterocycles. The number of Topliss-reactive ketones (excluding diaryl/α,β-unsaturated/α-hetero) is 1. The van der Waals surface area contributed by atoms with Crippen molar-refractivity contribution in [3.63, 3.8) is 0 Å². The summed E-state index contributed by atoms with van der Waals surface area (Å²) >= 11 is 1.46. The fourth-order valence-corrected chi connectivity index (χ4v) is 5.74. The van der Waals surface area contributed by atoms with Crippen LogP contribution in [0, 0.1) is 11.3 Å². The van der Waals surface area contributed by atoms with Gasteiger partial charge in [0.15, 0.2) is 11.7 Å². The average molecular weight is 479 g/mol. The lowest BCUT2D eigenvalue weighted by Gasteiger charge is -2.06. The van der Waals surface area contributed by atoms with Crippen molar-refractivity contribution in [3.8, 4) is 23.1 Å². The number of ketones is 1. The van der Waals surface area contributed by atoms with Gasteiger partial charge in [-0.05, 0) is 37.0 Å². The first-order valence-corrected chi connectivity index (χ1v) is 12.0. The Morgan fingerprint density at radius 2 is 1.80 bits per heavy atom. The lowest BCUT2D eigenvalue weighted by atomic mass is 10.0. The zero-order valence-electron chi connectivity index (χ0n) is 18.4. The van der Waals surface area contributed by atoms with E-state index in [1.54, 1.807) is 4.68 Å². The van der Waals surface area contributed by atoms with Gasteiger partial charge in [-0.3, -0.25) is 9.59 Å². The second-order valence-electron chi connectivity index (χ2n) is 8.29. The monoisotopic (exact) mass is 478 g/mol. The predicted molar refractivity (Wildman–Crippen MR) is 132 cm³/mol. The molecule has 3 heterocycles. The van der Waals surface area contributed by atoms with Crippen LogP contribution in [-0.2, 0) is 12.8 Å². The number of aromatic amines is 1. The highest BCUT2D eigenvalue weighted by Gasteiger charge is 2.31. The Hall–Kier alpha value is -4.42. The summed E-state index contributed by atoms with van der Waals surface area (Å²) in [4.78, 5) is 39.8. The van der Waals surface area contributed by atoms with Gasteiger partial charge >= 0.3 is 0 Å². The molecule has 5 aromatic rings. The van der Waals surface area contributed by atoms with E-state index in [4.69, 9.17) is 0 Å². The van der Waals surface area contributed by atoms with Gasteiger partial charge in [0.05, 0.1) is 17.1 Å². The number of hydrogen-bond acceptors (Lipinski definition) is 7. The van der Waals surface area contributed by atoms with Gasteiger partial charge in [0.1, 0.15) is 10.7 Å². The number of aryl methyl sites for hydroxylation is 2. The highest BCUT2D eigenvalue weighted by molar-refractivity contribution is 7.18. The number of thiophene rings is 1. The summed E-state index contributed by atoms with van der Waals surface area (Å²) in [6.07, 6.45) is 2.80. The number of H-pyrrole nitrogens is 1. The summed E-state index contributed by atoms with van der Waals surface area (Å²) in [6.45, 7) is 0. The first kappa shape index (κ1) is 21.1. The van der Waals surface area contributed by atoms with Gasteiger partial charge in [0, 0.05) is 10.4 Å². The molecule has 6 rings (SSSR count). The number of carbonyl (C=O) groups excluding carboxylic acids is 1. The number of carbonyl (C=O) groups is 1. The summed E-state index contributed by atoms with van der Waals surface area (Å²) in [5.41, 5.74) is 2.23. The van der Waals surface area contributed by atoms with Crippen molar-refractivity contribution in [2.45, 2.75) is 25.2 Å². The third-order valence-electron chi connectivity index (χ3n) is 6.12. The molecule has 1 aliphatic rings. The molecule has 0 spiro atoms. The van der Waals surface area contributed by atoms with Crippen LogP contribution in [0.15, 0.2) is 65.5 Å². The zero-order valence-corrected chi connectivity index (χ0v) is 19.2. The van der Waals surface area contributed by atoms with Crippen molar-refractivity contribution in [2.75, 3.05) is 0 Å². The van der Waals surface area contributed by atoms with Crippen molar-refractivity contribution >= 4 is 27.3 Å². The highest BCUT2D eigenvalue weighted by atomic mass is 32.1. The maximum Gasteiger partial charge on any atom is 0.259 e. The Kier molecular flexibility index (Phi) is 5.08. The zero-order chi connectivity index (χ0) is 23.9. The van der Waals surface area contributed by atoms with E-state index in [-0.39, 0.29) is 17.2 Å². The van der Waals surface area contributed by atoms with Crippen LogP contribution < -0.4 is 5.56 Å². The van der Waals surface area contributed by atoms with E-state index in [0.717, 1.165) is 41.0 Å². The van der Waals surface area contributed by atoms with Crippen LogP contribution >= 0.6 is 11.3 Å². The first-order chi connectivity index (χ1) is 17.1. The normalized spacial score (nSPS) is 13.5. The van der Waals surface area contributed by atoms with E-state index in [2.05, 4.69) is 20.1 Å². The molecule has 1 unspecified atom stereocenters. The number of aromatic nitrogens is 5. The molecule has 1 N–H and O–H groups in total. The van der Waals surface area contributed by atoms with Crippen molar-refractivity contribution < 1.29 is 4.79 Å². The van der Waals surface area contributed by atoms with Crippen LogP contribution in [0.25, 0.3) is 27.3 Å². The van der Waals surface area contributed by atoms with Gasteiger partial charge in [-0.2, -0.15) is 5.26 Å². The minimum Gasteiger partial charge on any atom is -0.308 e. The van der Waals surface area contributed by atoms with Crippen molar-refractivity contribution in [1.29, 1.82) is 5.26 Å². The van der Waals surface area contributed by atoms with E-state index >= 15 is 0 Å². The Bertz CT molecular complexity index is 1620. The van der Waals surface area contributed by atoms with Crippen LogP contribution in [0.5, 0.6) is 0 Å². The SMILES string of the molecule is N#CC(C(=O)c1nc(-c2ccccc2)n(-c2ccccc2)n1)c1nc2sc3c(c2c(=O)[nH]1)CCC3. The number of nitrogens with zero attached hydrogens (tertiary/aromatic N) is 5. The fraction of sp³-hybridized carbons (Fsp3) is 0.154. The van der Waals surface area contributed by atoms with Crippen molar-refractivity contribution in [2.24, 2.45) is 0 Å². The minimum absolute atomic E-state index is 0.0206. The molecule has 0 saturated carbocycles. The molecule has 2 aromatic carbocycles. The molecule has 0 fully saturated rings. The van der Waals surface area contributed by atoms with Crippen LogP contribution in [0.1, 0.15) is 39.2 Å². The maximum absolute atomic E-state index is 13.5. The third kappa shape index (κ3) is 3.55. The second kappa shape index (κ2) is 8.42. The molecule has 0 aliphatic heterocycles. The number of nitriles is 1. The summed E-state index contributed by atoms with van der Waals surface area (Å²) in [6, 6.07) is 20.7. The van der Waals surface area contributed by atoms with Gasteiger partial charge in [-0.15, -0.1) is 16.4 Å². The van der Waals surface area contributed by atoms with Gasteiger partial charge in [0.25, 0.3) is 5.56 Å². The minimum atomic E-state index is -1.33. The standard InChI is InChI=1S/C26H18N6O2S/c27-14-18(22-29-25(34)20-17-12-7-13-19(17)35-26(20)30-22)21(33)23-28-24(15-8-3-1-4-9-15)32(31-23)16-10-5-2-6-11-16/h1-6,8-11,18H,7,12-13H2,(H,29,30,34). The van der Waals surface area contributed by atoms with Gasteiger partial charge in [-0.25, -0.2) is 14.6 Å². The number of benzene rings is 2. The molecular weight excluding hydrogens is 460 g/mol. The number of nitrogens with one attached hydrogen (secondary N) is 1. The second-order valence-corrected chi connectivity index (χ2v) is 9.37. The molecule has 0 amide bonds. The average Bonchev–Trinajstić information content (AvgIpc) is 3.60. The Labute approximate surface area is 203 Å². The summed E-state index contributed by atoms with van der Waals surface area (Å²) < 4.78 is 1.58. The van der Waals surface area contributed by atoms with Gasteiger partial charge in [0.2, 0.25) is 11.6 Å². The number of para-hydroxylation sites is 1. The molecule has 170 valence electrons. The smallest absolute Gasteiger partial charge is 0.259 e. The van der Waals surface area contributed by atoms with E-state index in [9.17, 15) is 14.9 Å².